The molecule has 10 heteroatoms. The van der Waals surface area contributed by atoms with Crippen LogP contribution in [0.2, 0.25) is 0 Å². The highest BCUT2D eigenvalue weighted by Gasteiger charge is 2.43. The summed E-state index contributed by atoms with van der Waals surface area (Å²) in [5.74, 6) is 0. The van der Waals surface area contributed by atoms with E-state index in [4.69, 9.17) is 25.5 Å². The van der Waals surface area contributed by atoms with Gasteiger partial charge in [0, 0.05) is 11.5 Å². The van der Waals surface area contributed by atoms with Crippen LogP contribution in [0, 0.1) is 0 Å². The van der Waals surface area contributed by atoms with E-state index in [1.54, 1.807) is 0 Å². The van der Waals surface area contributed by atoms with E-state index in [9.17, 15) is 15.3 Å². The van der Waals surface area contributed by atoms with Crippen molar-refractivity contribution in [3.8, 4) is 0 Å². The lowest BCUT2D eigenvalue weighted by Gasteiger charge is -2.41. The third-order valence-corrected chi connectivity index (χ3v) is 6.55. The van der Waals surface area contributed by atoms with Crippen molar-refractivity contribution >= 4 is 0 Å². The molecule has 0 unspecified atom stereocenters. The molecule has 1 aliphatic rings. The first kappa shape index (κ1) is 32.1. The SMILES string of the molecule is CCCCCCCCCCCCCCCCOC[C@H](CN=[N+]=[N-])O[C@@H]1O[C@H](CO)[C@@H](O)[C@H](O)[C@H]1N. The highest BCUT2D eigenvalue weighted by molar-refractivity contribution is 4.91. The summed E-state index contributed by atoms with van der Waals surface area (Å²) in [5.41, 5.74) is 14.6. The average Bonchev–Trinajstić information content (AvgIpc) is 2.86. The van der Waals surface area contributed by atoms with E-state index in [0.29, 0.717) is 6.61 Å². The Bertz CT molecular complexity index is 550. The zero-order chi connectivity index (χ0) is 25.7. The molecular formula is C25H50N4O6. The Morgan fingerprint density at radius 3 is 1.97 bits per heavy atom. The van der Waals surface area contributed by atoms with Gasteiger partial charge in [0.2, 0.25) is 0 Å². The number of unbranched alkanes of at least 4 members (excludes halogenated alkanes) is 13. The zero-order valence-electron chi connectivity index (χ0n) is 21.7. The van der Waals surface area contributed by atoms with Gasteiger partial charge in [-0.25, -0.2) is 0 Å². The predicted octanol–water partition coefficient (Wildman–Crippen LogP) is 3.95. The van der Waals surface area contributed by atoms with E-state index in [1.807, 2.05) is 0 Å². The van der Waals surface area contributed by atoms with E-state index in [-0.39, 0.29) is 13.2 Å². The standard InChI is InChI=1S/C25H50N4O6/c1-2-3-4-5-6-7-8-9-10-11-12-13-14-15-16-33-19-20(17-28-29-27)34-25-22(26)24(32)23(31)21(18-30)35-25/h20-25,30-32H,2-19,26H2,1H3/t20-,21+,22+,23+,24+,25+/m0/s1. The maximum absolute atomic E-state index is 10.1. The van der Waals surface area contributed by atoms with Crippen LogP contribution in [0.25, 0.3) is 10.4 Å². The van der Waals surface area contributed by atoms with Gasteiger partial charge in [0.1, 0.15) is 18.3 Å². The van der Waals surface area contributed by atoms with Crippen LogP contribution in [0.4, 0.5) is 0 Å². The van der Waals surface area contributed by atoms with Crippen LogP contribution in [0.15, 0.2) is 5.11 Å². The van der Waals surface area contributed by atoms with Crippen molar-refractivity contribution in [2.24, 2.45) is 10.8 Å². The lowest BCUT2D eigenvalue weighted by Crippen LogP contribution is -2.63. The Balaban J connectivity index is 2.11. The number of ether oxygens (including phenoxy) is 3. The largest absolute Gasteiger partial charge is 0.394 e. The van der Waals surface area contributed by atoms with E-state index in [0.717, 1.165) is 12.8 Å². The normalized spacial score (nSPS) is 25.3. The summed E-state index contributed by atoms with van der Waals surface area (Å²) in [5, 5.41) is 32.9. The molecule has 1 fully saturated rings. The van der Waals surface area contributed by atoms with Crippen molar-refractivity contribution in [3.63, 3.8) is 0 Å². The van der Waals surface area contributed by atoms with Gasteiger partial charge in [0.25, 0.3) is 0 Å². The van der Waals surface area contributed by atoms with Gasteiger partial charge in [0.15, 0.2) is 6.29 Å². The minimum atomic E-state index is -1.30. The molecule has 0 aromatic heterocycles. The minimum absolute atomic E-state index is 0.0181. The van der Waals surface area contributed by atoms with Crippen molar-refractivity contribution in [3.05, 3.63) is 10.4 Å². The highest BCUT2D eigenvalue weighted by atomic mass is 16.7. The molecular weight excluding hydrogens is 452 g/mol. The van der Waals surface area contributed by atoms with Crippen LogP contribution in [0.1, 0.15) is 96.8 Å². The monoisotopic (exact) mass is 502 g/mol. The average molecular weight is 503 g/mol. The summed E-state index contributed by atoms with van der Waals surface area (Å²) in [6, 6.07) is -1.01. The number of aliphatic hydroxyl groups excluding tert-OH is 3. The maximum Gasteiger partial charge on any atom is 0.176 e. The van der Waals surface area contributed by atoms with Crippen LogP contribution < -0.4 is 5.73 Å². The predicted molar refractivity (Wildman–Crippen MR) is 136 cm³/mol. The fourth-order valence-corrected chi connectivity index (χ4v) is 4.29. The lowest BCUT2D eigenvalue weighted by molar-refractivity contribution is -0.279. The number of nitrogens with two attached hydrogens (primary N) is 1. The summed E-state index contributed by atoms with van der Waals surface area (Å²) < 4.78 is 16.9. The molecule has 0 spiro atoms. The molecule has 1 rings (SSSR count). The Hall–Kier alpha value is -0.970. The maximum atomic E-state index is 10.1. The molecule has 1 heterocycles. The molecule has 35 heavy (non-hydrogen) atoms. The molecule has 0 amide bonds. The van der Waals surface area contributed by atoms with Gasteiger partial charge in [-0.1, -0.05) is 95.5 Å². The van der Waals surface area contributed by atoms with E-state index >= 15 is 0 Å². The smallest absolute Gasteiger partial charge is 0.176 e. The van der Waals surface area contributed by atoms with Gasteiger partial charge in [-0.15, -0.1) is 0 Å². The number of azide groups is 1. The third-order valence-electron chi connectivity index (χ3n) is 6.55. The van der Waals surface area contributed by atoms with E-state index in [2.05, 4.69) is 16.9 Å². The molecule has 0 aliphatic carbocycles. The molecule has 10 nitrogen and oxygen atoms in total. The number of hydrogen-bond acceptors (Lipinski definition) is 8. The first-order valence-corrected chi connectivity index (χ1v) is 13.7. The summed E-state index contributed by atoms with van der Waals surface area (Å²) in [6.07, 6.45) is 12.8. The highest BCUT2D eigenvalue weighted by Crippen LogP contribution is 2.22. The molecule has 0 aromatic carbocycles. The summed E-state index contributed by atoms with van der Waals surface area (Å²) >= 11 is 0. The molecule has 1 aliphatic heterocycles. The van der Waals surface area contributed by atoms with Crippen molar-refractivity contribution in [1.29, 1.82) is 0 Å². The van der Waals surface area contributed by atoms with Crippen molar-refractivity contribution in [2.45, 2.75) is 134 Å². The zero-order valence-corrected chi connectivity index (χ0v) is 21.7. The Kier molecular flexibility index (Phi) is 19.4. The molecule has 5 N–H and O–H groups in total. The summed E-state index contributed by atoms with van der Waals surface area (Å²) in [4.78, 5) is 2.76. The van der Waals surface area contributed by atoms with Gasteiger partial charge in [-0.3, -0.25) is 0 Å². The second-order valence-electron chi connectivity index (χ2n) is 9.63. The number of nitrogens with zero attached hydrogens (tertiary/aromatic N) is 3. The molecule has 0 radical (unpaired) electrons. The molecule has 206 valence electrons. The van der Waals surface area contributed by atoms with Crippen LogP contribution in [0.5, 0.6) is 0 Å². The van der Waals surface area contributed by atoms with Gasteiger partial charge >= 0.3 is 0 Å². The van der Waals surface area contributed by atoms with Crippen LogP contribution in [-0.2, 0) is 14.2 Å². The van der Waals surface area contributed by atoms with Crippen LogP contribution in [0.3, 0.4) is 0 Å². The van der Waals surface area contributed by atoms with Gasteiger partial charge in [-0.05, 0) is 12.0 Å². The molecule has 0 saturated carbocycles. The van der Waals surface area contributed by atoms with Gasteiger partial charge in [-0.2, -0.15) is 0 Å². The Labute approximate surface area is 211 Å². The van der Waals surface area contributed by atoms with Crippen molar-refractivity contribution in [1.82, 2.24) is 0 Å². The molecule has 1 saturated heterocycles. The summed E-state index contributed by atoms with van der Waals surface area (Å²) in [6.45, 7) is 2.55. The van der Waals surface area contributed by atoms with Crippen LogP contribution in [-0.4, -0.2) is 78.4 Å². The second-order valence-corrected chi connectivity index (χ2v) is 9.63. The topological polar surface area (TPSA) is 163 Å². The van der Waals surface area contributed by atoms with Crippen molar-refractivity contribution in [2.75, 3.05) is 26.4 Å². The van der Waals surface area contributed by atoms with Gasteiger partial charge < -0.3 is 35.3 Å². The molecule has 6 atom stereocenters. The lowest BCUT2D eigenvalue weighted by atomic mass is 9.98. The quantitative estimate of drug-likeness (QED) is 0.0753. The molecule has 0 aromatic rings. The van der Waals surface area contributed by atoms with Crippen LogP contribution >= 0.6 is 0 Å². The number of aliphatic hydroxyl groups is 3. The first-order chi connectivity index (χ1) is 17.0. The second kappa shape index (κ2) is 21.1. The Morgan fingerprint density at radius 2 is 1.46 bits per heavy atom. The number of hydrogen-bond donors (Lipinski definition) is 4. The molecule has 0 bridgehead atoms. The fourth-order valence-electron chi connectivity index (χ4n) is 4.29. The number of rotatable bonds is 22. The van der Waals surface area contributed by atoms with E-state index in [1.165, 1.54) is 77.0 Å². The minimum Gasteiger partial charge on any atom is -0.394 e. The van der Waals surface area contributed by atoms with Crippen molar-refractivity contribution < 1.29 is 29.5 Å². The first-order valence-electron chi connectivity index (χ1n) is 13.7. The summed E-state index contributed by atoms with van der Waals surface area (Å²) in [7, 11) is 0. The third kappa shape index (κ3) is 14.4. The Morgan fingerprint density at radius 1 is 0.914 bits per heavy atom. The van der Waals surface area contributed by atoms with E-state index < -0.39 is 43.4 Å². The van der Waals surface area contributed by atoms with Gasteiger partial charge in [0.05, 0.1) is 31.9 Å². The fraction of sp³-hybridized carbons (Fsp3) is 1.00.